The number of benzene rings is 2. The number of hydrogen-bond donors (Lipinski definition) is 3. The van der Waals surface area contributed by atoms with E-state index in [2.05, 4.69) is 19.2 Å². The second-order valence-electron chi connectivity index (χ2n) is 6.06. The average Bonchev–Trinajstić information content (AvgIpc) is 2.76. The van der Waals surface area contributed by atoms with E-state index < -0.39 is 0 Å². The number of phenolic OH excluding ortho intramolecular Hbond substituents is 2. The fourth-order valence-electron chi connectivity index (χ4n) is 3.42. The zero-order valence-electron chi connectivity index (χ0n) is 12.6. The molecule has 0 radical (unpaired) electrons. The highest BCUT2D eigenvalue weighted by atomic mass is 16.3. The Morgan fingerprint density at radius 2 is 1.67 bits per heavy atom. The van der Waals surface area contributed by atoms with Crippen molar-refractivity contribution in [2.45, 2.75) is 39.2 Å². The van der Waals surface area contributed by atoms with Crippen LogP contribution in [0.3, 0.4) is 0 Å². The second kappa shape index (κ2) is 4.99. The Balaban J connectivity index is 1.96. The number of aromatic hydroxyl groups is 2. The maximum atomic E-state index is 10.2. The molecule has 0 bridgehead atoms. The standard InChI is InChI=1S/C18H21NO2/c1-10-4-6-16(21)18-14(9-12(3)17(10)18)19-13-5-7-15(20)11(2)8-13/h4-8,12,14,19-21H,9H2,1-3H3. The number of aryl methyl sites for hydroxylation is 2. The van der Waals surface area contributed by atoms with Crippen LogP contribution in [0.15, 0.2) is 30.3 Å². The Labute approximate surface area is 125 Å². The van der Waals surface area contributed by atoms with Crippen molar-refractivity contribution in [2.24, 2.45) is 0 Å². The summed E-state index contributed by atoms with van der Waals surface area (Å²) in [7, 11) is 0. The van der Waals surface area contributed by atoms with Crippen molar-refractivity contribution in [1.29, 1.82) is 0 Å². The van der Waals surface area contributed by atoms with Crippen LogP contribution in [0.1, 0.15) is 47.6 Å². The highest BCUT2D eigenvalue weighted by Gasteiger charge is 2.32. The normalized spacial score (nSPS) is 20.3. The minimum absolute atomic E-state index is 0.110. The number of fused-ring (bicyclic) bond motifs is 1. The number of rotatable bonds is 2. The summed E-state index contributed by atoms with van der Waals surface area (Å²) in [5, 5.41) is 23.4. The summed E-state index contributed by atoms with van der Waals surface area (Å²) < 4.78 is 0. The molecule has 3 nitrogen and oxygen atoms in total. The molecule has 0 saturated carbocycles. The van der Waals surface area contributed by atoms with E-state index in [1.807, 2.05) is 25.1 Å². The van der Waals surface area contributed by atoms with Crippen LogP contribution in [0, 0.1) is 13.8 Å². The van der Waals surface area contributed by atoms with Crippen molar-refractivity contribution in [2.75, 3.05) is 5.32 Å². The molecule has 110 valence electrons. The zero-order chi connectivity index (χ0) is 15.1. The number of nitrogens with one attached hydrogen (secondary N) is 1. The van der Waals surface area contributed by atoms with E-state index in [0.29, 0.717) is 17.4 Å². The molecule has 3 rings (SSSR count). The van der Waals surface area contributed by atoms with Crippen LogP contribution in [-0.4, -0.2) is 10.2 Å². The van der Waals surface area contributed by atoms with E-state index in [0.717, 1.165) is 23.2 Å². The van der Waals surface area contributed by atoms with Crippen molar-refractivity contribution in [1.82, 2.24) is 0 Å². The fraction of sp³-hybridized carbons (Fsp3) is 0.333. The van der Waals surface area contributed by atoms with Gasteiger partial charge in [-0.2, -0.15) is 0 Å². The van der Waals surface area contributed by atoms with Crippen molar-refractivity contribution in [3.63, 3.8) is 0 Å². The summed E-state index contributed by atoms with van der Waals surface area (Å²) in [4.78, 5) is 0. The number of phenols is 2. The molecule has 0 spiro atoms. The molecule has 1 aliphatic carbocycles. The fourth-order valence-corrected chi connectivity index (χ4v) is 3.42. The molecule has 2 unspecified atom stereocenters. The van der Waals surface area contributed by atoms with E-state index >= 15 is 0 Å². The first-order valence-corrected chi connectivity index (χ1v) is 7.36. The van der Waals surface area contributed by atoms with Crippen molar-refractivity contribution in [3.05, 3.63) is 52.6 Å². The van der Waals surface area contributed by atoms with Gasteiger partial charge in [0.05, 0.1) is 6.04 Å². The molecule has 3 N–H and O–H groups in total. The second-order valence-corrected chi connectivity index (χ2v) is 6.06. The predicted molar refractivity (Wildman–Crippen MR) is 85.1 cm³/mol. The van der Waals surface area contributed by atoms with Crippen LogP contribution >= 0.6 is 0 Å². The Morgan fingerprint density at radius 1 is 0.952 bits per heavy atom. The summed E-state index contributed by atoms with van der Waals surface area (Å²) in [6, 6.07) is 9.38. The average molecular weight is 283 g/mol. The molecule has 1 aliphatic rings. The summed E-state index contributed by atoms with van der Waals surface area (Å²) in [5.74, 6) is 1.11. The maximum Gasteiger partial charge on any atom is 0.121 e. The third-order valence-corrected chi connectivity index (χ3v) is 4.45. The molecule has 2 aromatic rings. The van der Waals surface area contributed by atoms with Gasteiger partial charge in [-0.05, 0) is 67.1 Å². The monoisotopic (exact) mass is 283 g/mol. The predicted octanol–water partition coefficient (Wildman–Crippen LogP) is 4.38. The molecule has 0 heterocycles. The van der Waals surface area contributed by atoms with E-state index in [9.17, 15) is 10.2 Å². The quantitative estimate of drug-likeness (QED) is 0.717. The lowest BCUT2D eigenvalue weighted by molar-refractivity contribution is 0.465. The minimum Gasteiger partial charge on any atom is -0.508 e. The third-order valence-electron chi connectivity index (χ3n) is 4.45. The highest BCUT2D eigenvalue weighted by molar-refractivity contribution is 5.57. The highest BCUT2D eigenvalue weighted by Crippen LogP contribution is 2.47. The molecule has 0 fully saturated rings. The van der Waals surface area contributed by atoms with Gasteiger partial charge >= 0.3 is 0 Å². The molecule has 0 amide bonds. The van der Waals surface area contributed by atoms with Crippen LogP contribution < -0.4 is 5.32 Å². The molecule has 2 atom stereocenters. The van der Waals surface area contributed by atoms with Crippen molar-refractivity contribution < 1.29 is 10.2 Å². The van der Waals surface area contributed by atoms with E-state index in [1.54, 1.807) is 12.1 Å². The van der Waals surface area contributed by atoms with E-state index in [-0.39, 0.29) is 6.04 Å². The summed E-state index contributed by atoms with van der Waals surface area (Å²) in [6.45, 7) is 6.18. The van der Waals surface area contributed by atoms with Crippen LogP contribution in [0.2, 0.25) is 0 Å². The van der Waals surface area contributed by atoms with Crippen molar-refractivity contribution >= 4 is 5.69 Å². The summed E-state index contributed by atoms with van der Waals surface area (Å²) in [5.41, 5.74) is 5.34. The zero-order valence-corrected chi connectivity index (χ0v) is 12.6. The lowest BCUT2D eigenvalue weighted by Crippen LogP contribution is -2.07. The maximum absolute atomic E-state index is 10.2. The summed E-state index contributed by atoms with van der Waals surface area (Å²) in [6.07, 6.45) is 0.966. The largest absolute Gasteiger partial charge is 0.508 e. The lowest BCUT2D eigenvalue weighted by atomic mass is 9.97. The lowest BCUT2D eigenvalue weighted by Gasteiger charge is -2.17. The minimum atomic E-state index is 0.110. The SMILES string of the molecule is Cc1cc(NC2CC(C)c3c(C)ccc(O)c32)ccc1O. The molecule has 0 aromatic heterocycles. The van der Waals surface area contributed by atoms with Gasteiger partial charge in [0.15, 0.2) is 0 Å². The van der Waals surface area contributed by atoms with E-state index in [1.165, 1.54) is 11.1 Å². The van der Waals surface area contributed by atoms with Gasteiger partial charge in [-0.25, -0.2) is 0 Å². The smallest absolute Gasteiger partial charge is 0.121 e. The third kappa shape index (κ3) is 2.33. The van der Waals surface area contributed by atoms with Crippen LogP contribution in [0.25, 0.3) is 0 Å². The molecule has 0 saturated heterocycles. The van der Waals surface area contributed by atoms with Gasteiger partial charge in [0.25, 0.3) is 0 Å². The number of anilines is 1. The Hall–Kier alpha value is -2.16. The van der Waals surface area contributed by atoms with Crippen LogP contribution in [0.5, 0.6) is 11.5 Å². The van der Waals surface area contributed by atoms with E-state index in [4.69, 9.17) is 0 Å². The van der Waals surface area contributed by atoms with Crippen molar-refractivity contribution in [3.8, 4) is 11.5 Å². The molecule has 21 heavy (non-hydrogen) atoms. The number of hydrogen-bond acceptors (Lipinski definition) is 3. The van der Waals surface area contributed by atoms with Gasteiger partial charge in [0, 0.05) is 11.3 Å². The topological polar surface area (TPSA) is 52.5 Å². The van der Waals surface area contributed by atoms with Gasteiger partial charge in [-0.1, -0.05) is 13.0 Å². The van der Waals surface area contributed by atoms with Crippen LogP contribution in [0.4, 0.5) is 5.69 Å². The van der Waals surface area contributed by atoms with Gasteiger partial charge in [0.2, 0.25) is 0 Å². The van der Waals surface area contributed by atoms with Gasteiger partial charge < -0.3 is 15.5 Å². The summed E-state index contributed by atoms with van der Waals surface area (Å²) >= 11 is 0. The first-order chi connectivity index (χ1) is 9.97. The molecule has 3 heteroatoms. The van der Waals surface area contributed by atoms with Gasteiger partial charge in [-0.3, -0.25) is 0 Å². The Kier molecular flexibility index (Phi) is 3.28. The van der Waals surface area contributed by atoms with Gasteiger partial charge in [-0.15, -0.1) is 0 Å². The molecular weight excluding hydrogens is 262 g/mol. The first kappa shape index (κ1) is 13.8. The molecular formula is C18H21NO2. The molecule has 0 aliphatic heterocycles. The first-order valence-electron chi connectivity index (χ1n) is 7.36. The Morgan fingerprint density at radius 3 is 2.38 bits per heavy atom. The Bertz CT molecular complexity index is 694. The van der Waals surface area contributed by atoms with Gasteiger partial charge in [0.1, 0.15) is 11.5 Å². The van der Waals surface area contributed by atoms with Crippen LogP contribution in [-0.2, 0) is 0 Å². The molecule has 2 aromatic carbocycles.